The molecule has 16 nitrogen and oxygen atoms in total. The summed E-state index contributed by atoms with van der Waals surface area (Å²) in [6.45, 7) is 1.52. The molecule has 3 atom stereocenters. The van der Waals surface area contributed by atoms with E-state index in [0.717, 1.165) is 23.0 Å². The van der Waals surface area contributed by atoms with E-state index in [9.17, 15) is 39.2 Å². The molecular formula is C46H40ClF6N9O7S2. The lowest BCUT2D eigenvalue weighted by atomic mass is 9.99. The fraction of sp³-hybridized carbons (Fsp3) is 0.326. The van der Waals surface area contributed by atoms with Crippen molar-refractivity contribution in [3.05, 3.63) is 128 Å². The molecule has 2 fully saturated rings. The largest absolute Gasteiger partial charge is 0.379 e. The number of anilines is 1. The maximum Gasteiger partial charge on any atom is 0.293 e. The summed E-state index contributed by atoms with van der Waals surface area (Å²) >= 11 is 6.67. The van der Waals surface area contributed by atoms with Crippen LogP contribution in [-0.2, 0) is 55.5 Å². The molecule has 1 saturated heterocycles. The van der Waals surface area contributed by atoms with Crippen molar-refractivity contribution in [2.45, 2.75) is 55.5 Å². The highest BCUT2D eigenvalue weighted by Crippen LogP contribution is 2.68. The Morgan fingerprint density at radius 2 is 1.69 bits per heavy atom. The highest BCUT2D eigenvalue weighted by molar-refractivity contribution is 7.92. The van der Waals surface area contributed by atoms with E-state index >= 15 is 13.6 Å². The van der Waals surface area contributed by atoms with Crippen LogP contribution in [0.5, 0.6) is 0 Å². The lowest BCUT2D eigenvalue weighted by molar-refractivity contribution is -0.123. The van der Waals surface area contributed by atoms with Crippen molar-refractivity contribution in [2.24, 2.45) is 13.0 Å². The molecule has 1 aliphatic heterocycles. The summed E-state index contributed by atoms with van der Waals surface area (Å²) in [5, 5.41) is 10.8. The number of hydrogen-bond donors (Lipinski definition) is 2. The van der Waals surface area contributed by atoms with Gasteiger partial charge in [0.1, 0.15) is 35.4 Å². The molecule has 1 amide bonds. The van der Waals surface area contributed by atoms with Crippen LogP contribution in [0.4, 0.5) is 32.2 Å². The molecule has 2 N–H and O–H groups in total. The van der Waals surface area contributed by atoms with E-state index < -0.39 is 97.7 Å². The van der Waals surface area contributed by atoms with Gasteiger partial charge in [-0.3, -0.25) is 28.2 Å². The number of nitrogens with zero attached hydrogens (tertiary/aromatic N) is 7. The van der Waals surface area contributed by atoms with Gasteiger partial charge in [-0.25, -0.2) is 39.4 Å². The van der Waals surface area contributed by atoms with Crippen molar-refractivity contribution < 1.29 is 52.7 Å². The van der Waals surface area contributed by atoms with E-state index in [1.807, 2.05) is 0 Å². The summed E-state index contributed by atoms with van der Waals surface area (Å²) in [5.74, 6) is -9.31. The van der Waals surface area contributed by atoms with Crippen LogP contribution in [0.3, 0.4) is 0 Å². The Balaban J connectivity index is 1.16. The van der Waals surface area contributed by atoms with Crippen molar-refractivity contribution in [2.75, 3.05) is 37.3 Å². The summed E-state index contributed by atoms with van der Waals surface area (Å²) in [4.78, 5) is 34.5. The molecule has 25 heteroatoms. The van der Waals surface area contributed by atoms with Gasteiger partial charge in [-0.15, -0.1) is 0 Å². The Morgan fingerprint density at radius 1 is 0.972 bits per heavy atom. The lowest BCUT2D eigenvalue weighted by Crippen LogP contribution is -2.40. The molecule has 7 aromatic rings. The first-order valence-electron chi connectivity index (χ1n) is 21.9. The second kappa shape index (κ2) is 17.5. The van der Waals surface area contributed by atoms with Gasteiger partial charge in [0.2, 0.25) is 26.0 Å². The molecule has 10 rings (SSSR count). The van der Waals surface area contributed by atoms with Crippen LogP contribution in [0.15, 0.2) is 76.4 Å². The second-order valence-corrected chi connectivity index (χ2v) is 21.8. The predicted octanol–water partition coefficient (Wildman–Crippen LogP) is 7.02. The van der Waals surface area contributed by atoms with Crippen LogP contribution in [0.1, 0.15) is 58.7 Å². The minimum atomic E-state index is -3.96. The van der Waals surface area contributed by atoms with Gasteiger partial charge in [-0.2, -0.15) is 23.3 Å². The third-order valence-corrected chi connectivity index (χ3v) is 15.7. The number of fused-ring (bicyclic) bond motifs is 5. The number of benzene rings is 4. The highest BCUT2D eigenvalue weighted by atomic mass is 35.5. The molecule has 0 bridgehead atoms. The van der Waals surface area contributed by atoms with E-state index in [2.05, 4.69) is 20.2 Å². The Labute approximate surface area is 405 Å². The number of aryl methyl sites for hydroxylation is 2. The number of halogens is 7. The number of rotatable bonds is 13. The van der Waals surface area contributed by atoms with Crippen molar-refractivity contribution in [1.29, 1.82) is 0 Å². The van der Waals surface area contributed by atoms with Crippen LogP contribution < -0.4 is 15.6 Å². The first kappa shape index (κ1) is 48.3. The van der Waals surface area contributed by atoms with Crippen LogP contribution in [0.2, 0.25) is 5.02 Å². The molecule has 3 aliphatic rings. The Morgan fingerprint density at radius 3 is 2.37 bits per heavy atom. The van der Waals surface area contributed by atoms with Gasteiger partial charge in [-0.05, 0) is 90.0 Å². The van der Waals surface area contributed by atoms with Gasteiger partial charge < -0.3 is 10.1 Å². The molecule has 0 spiro atoms. The van der Waals surface area contributed by atoms with E-state index in [1.165, 1.54) is 52.4 Å². The molecule has 71 heavy (non-hydrogen) atoms. The average Bonchev–Trinajstić information content (AvgIpc) is 3.84. The minimum absolute atomic E-state index is 0.000397. The van der Waals surface area contributed by atoms with Gasteiger partial charge in [-0.1, -0.05) is 23.7 Å². The normalized spacial score (nSPS) is 18.2. The summed E-state index contributed by atoms with van der Waals surface area (Å²) in [7, 11) is -6.40. The van der Waals surface area contributed by atoms with Crippen LogP contribution in [0.25, 0.3) is 38.6 Å². The standard InChI is InChI=1S/C46H40ClF6N9O7S2/c1-22-14-27(71(67,68)60-10-12-69-13-11-60)5-7-28(22)24-4-6-29-33(18-24)55-44(62(45(29)64)35-9-8-32(47)38-40(35)59(2)57-43(38)58-70(3,65)66)34(17-23-15-25(48)19-26(49)16-23)54-36(63)21-61-41-37(39(56-61)42(50)51)30-20-31(30)46(41,52)53/h4-9,14-16,18-19,30-31,34,42H,10-13,17,20-21H2,1-3H3,(H,54,63)(H,57,58)/t30-,31+,34-/m0/s1. The van der Waals surface area contributed by atoms with Crippen molar-refractivity contribution in [3.8, 4) is 16.8 Å². The topological polar surface area (TPSA) is 192 Å². The molecule has 372 valence electrons. The van der Waals surface area contributed by atoms with E-state index in [1.54, 1.807) is 19.1 Å². The molecule has 2 aliphatic carbocycles. The van der Waals surface area contributed by atoms with Gasteiger partial charge in [0.25, 0.3) is 17.9 Å². The first-order chi connectivity index (χ1) is 33.5. The number of morpholine rings is 1. The zero-order valence-corrected chi connectivity index (χ0v) is 39.9. The summed E-state index contributed by atoms with van der Waals surface area (Å²) in [6.07, 6.45) is -2.89. The van der Waals surface area contributed by atoms with E-state index in [4.69, 9.17) is 21.3 Å². The molecule has 4 aromatic carbocycles. The van der Waals surface area contributed by atoms with Crippen LogP contribution >= 0.6 is 11.6 Å². The number of alkyl halides is 4. The number of ether oxygens (including phenoxy) is 1. The quantitative estimate of drug-likeness (QED) is 0.114. The number of aromatic nitrogens is 6. The third kappa shape index (κ3) is 8.61. The maximum atomic E-state index is 15.7. The maximum absolute atomic E-state index is 15.7. The number of carbonyl (C=O) groups excluding carboxylic acids is 1. The first-order valence-corrected chi connectivity index (χ1v) is 25.6. The molecule has 0 unspecified atom stereocenters. The van der Waals surface area contributed by atoms with Gasteiger partial charge in [0.05, 0.1) is 62.9 Å². The van der Waals surface area contributed by atoms with Crippen molar-refractivity contribution in [1.82, 2.24) is 38.7 Å². The Hall–Kier alpha value is -6.34. The zero-order valence-electron chi connectivity index (χ0n) is 37.6. The van der Waals surface area contributed by atoms with Gasteiger partial charge in [0.15, 0.2) is 5.82 Å². The number of sulfonamides is 2. The number of amides is 1. The fourth-order valence-corrected chi connectivity index (χ4v) is 12.0. The molecule has 4 heterocycles. The monoisotopic (exact) mass is 1040 g/mol. The third-order valence-electron chi connectivity index (χ3n) is 12.9. The smallest absolute Gasteiger partial charge is 0.293 e. The molecule has 1 saturated carbocycles. The summed E-state index contributed by atoms with van der Waals surface area (Å²) in [5.41, 5.74) is -1.27. The average molecular weight is 1040 g/mol. The van der Waals surface area contributed by atoms with E-state index in [0.29, 0.717) is 27.4 Å². The molecular weight excluding hydrogens is 1000 g/mol. The lowest BCUT2D eigenvalue weighted by Gasteiger charge is -2.26. The number of hydrogen-bond acceptors (Lipinski definition) is 10. The number of carbonyl (C=O) groups is 1. The fourth-order valence-electron chi connectivity index (χ4n) is 9.80. The zero-order chi connectivity index (χ0) is 50.6. The van der Waals surface area contributed by atoms with Crippen LogP contribution in [-0.4, -0.2) is 88.7 Å². The van der Waals surface area contributed by atoms with Gasteiger partial charge >= 0.3 is 0 Å². The van der Waals surface area contributed by atoms with E-state index in [-0.39, 0.29) is 92.9 Å². The van der Waals surface area contributed by atoms with Crippen molar-refractivity contribution >= 4 is 65.2 Å². The molecule has 3 aromatic heterocycles. The van der Waals surface area contributed by atoms with Crippen LogP contribution in [0, 0.1) is 24.5 Å². The summed E-state index contributed by atoms with van der Waals surface area (Å²) in [6, 6.07) is 12.8. The van der Waals surface area contributed by atoms with Crippen molar-refractivity contribution in [3.63, 3.8) is 0 Å². The summed E-state index contributed by atoms with van der Waals surface area (Å²) < 4.78 is 153. The minimum Gasteiger partial charge on any atom is -0.379 e. The molecule has 0 radical (unpaired) electrons. The SMILES string of the molecule is Cc1cc(S(=O)(=O)N2CCOCC2)ccc1-c1ccc2c(=O)n(-c3ccc(Cl)c4c(NS(C)(=O)=O)nn(C)c34)c([C@H](Cc3cc(F)cc(F)c3)NC(=O)Cn3nc(C(F)F)c4c3C(F)(F)[C@@H]3C[C@H]43)nc2c1. The Bertz CT molecular complexity index is 3660. The number of nitrogens with one attached hydrogen (secondary N) is 2. The Kier molecular flexibility index (Phi) is 11.9. The van der Waals surface area contributed by atoms with Gasteiger partial charge in [0, 0.05) is 44.1 Å². The highest BCUT2D eigenvalue weighted by Gasteiger charge is 2.67. The second-order valence-electron chi connectivity index (χ2n) is 17.8. The predicted molar refractivity (Wildman–Crippen MR) is 248 cm³/mol.